The van der Waals surface area contributed by atoms with Gasteiger partial charge in [-0.3, -0.25) is 0 Å². The van der Waals surface area contributed by atoms with Crippen molar-refractivity contribution in [2.75, 3.05) is 12.8 Å². The van der Waals surface area contributed by atoms with E-state index in [1.807, 2.05) is 20.8 Å². The molecule has 4 heteroatoms. The Bertz CT molecular complexity index is 376. The molecule has 0 radical (unpaired) electrons. The second-order valence-electron chi connectivity index (χ2n) is 2.92. The first kappa shape index (κ1) is 14.6. The molecule has 0 atom stereocenters. The van der Waals surface area contributed by atoms with Gasteiger partial charge in [-0.05, 0) is 24.8 Å². The van der Waals surface area contributed by atoms with Crippen molar-refractivity contribution >= 4 is 22.9 Å². The summed E-state index contributed by atoms with van der Waals surface area (Å²) >= 11 is 5.95. The van der Waals surface area contributed by atoms with Gasteiger partial charge in [0.15, 0.2) is 0 Å². The largest absolute Gasteiger partial charge is 0.495 e. The first-order chi connectivity index (χ1) is 7.60. The maximum atomic E-state index is 5.95. The van der Waals surface area contributed by atoms with Gasteiger partial charge in [0.05, 0.1) is 12.1 Å². The van der Waals surface area contributed by atoms with E-state index in [0.29, 0.717) is 16.5 Å². The van der Waals surface area contributed by atoms with Gasteiger partial charge in [0.1, 0.15) is 5.75 Å². The van der Waals surface area contributed by atoms with E-state index in [1.54, 1.807) is 19.2 Å². The summed E-state index contributed by atoms with van der Waals surface area (Å²) in [5.74, 6) is 0.567. The van der Waals surface area contributed by atoms with Gasteiger partial charge in [0.2, 0.25) is 0 Å². The summed E-state index contributed by atoms with van der Waals surface area (Å²) in [7, 11) is 1.55. The van der Waals surface area contributed by atoms with Gasteiger partial charge < -0.3 is 16.2 Å². The van der Waals surface area contributed by atoms with E-state index < -0.39 is 0 Å². The summed E-state index contributed by atoms with van der Waals surface area (Å²) in [4.78, 5) is 0. The van der Waals surface area contributed by atoms with Crippen LogP contribution in [0.4, 0.5) is 5.69 Å². The molecule has 0 spiro atoms. The fraction of sp³-hybridized carbons (Fsp3) is 0.333. The first-order valence-electron chi connectivity index (χ1n) is 5.12. The molecule has 0 unspecified atom stereocenters. The minimum Gasteiger partial charge on any atom is -0.495 e. The van der Waals surface area contributed by atoms with Crippen LogP contribution >= 0.6 is 11.6 Å². The fourth-order valence-electron chi connectivity index (χ4n) is 1.16. The zero-order chi connectivity index (χ0) is 12.7. The number of methoxy groups -OCH3 is 1. The number of nitrogen functional groups attached to an aromatic ring is 1. The average Bonchev–Trinajstić information content (AvgIpc) is 2.33. The van der Waals surface area contributed by atoms with E-state index in [9.17, 15) is 0 Å². The molecule has 1 rings (SSSR count). The molecule has 0 saturated carbocycles. The van der Waals surface area contributed by atoms with E-state index in [2.05, 4.69) is 0 Å². The Morgan fingerprint density at radius 2 is 1.94 bits per heavy atom. The Morgan fingerprint density at radius 1 is 1.38 bits per heavy atom. The third kappa shape index (κ3) is 3.35. The number of hydrogen-bond acceptors (Lipinski definition) is 3. The Labute approximate surface area is 102 Å². The lowest BCUT2D eigenvalue weighted by Crippen LogP contribution is -1.96. The van der Waals surface area contributed by atoms with Crippen LogP contribution in [0.25, 0.3) is 5.57 Å². The summed E-state index contributed by atoms with van der Waals surface area (Å²) in [5, 5.41) is 0.526. The van der Waals surface area contributed by atoms with Crippen LogP contribution in [0.1, 0.15) is 26.3 Å². The molecule has 0 fully saturated rings. The molecule has 0 amide bonds. The van der Waals surface area contributed by atoms with E-state index in [4.69, 9.17) is 27.8 Å². The number of benzene rings is 1. The van der Waals surface area contributed by atoms with Crippen molar-refractivity contribution in [2.45, 2.75) is 20.8 Å². The normalized spacial score (nSPS) is 10.4. The van der Waals surface area contributed by atoms with Crippen LogP contribution < -0.4 is 16.2 Å². The Hall–Kier alpha value is -1.35. The molecule has 4 N–H and O–H groups in total. The lowest BCUT2D eigenvalue weighted by Gasteiger charge is -2.09. The predicted molar refractivity (Wildman–Crippen MR) is 71.6 cm³/mol. The monoisotopic (exact) mass is 242 g/mol. The molecule has 0 saturated heterocycles. The van der Waals surface area contributed by atoms with Crippen molar-refractivity contribution in [3.8, 4) is 5.75 Å². The highest BCUT2D eigenvalue weighted by Crippen LogP contribution is 2.32. The Kier molecular flexibility index (Phi) is 6.42. The molecule has 0 aliphatic rings. The minimum atomic E-state index is 0.526. The maximum absolute atomic E-state index is 5.95. The number of hydrogen-bond donors (Lipinski definition) is 2. The fourth-order valence-corrected chi connectivity index (χ4v) is 1.40. The van der Waals surface area contributed by atoms with Gasteiger partial charge in [-0.25, -0.2) is 0 Å². The molecule has 0 aromatic heterocycles. The lowest BCUT2D eigenvalue weighted by atomic mass is 10.1. The molecular formula is C12H19ClN2O. The maximum Gasteiger partial charge on any atom is 0.139 e. The lowest BCUT2D eigenvalue weighted by molar-refractivity contribution is 0.415. The van der Waals surface area contributed by atoms with Gasteiger partial charge in [-0.15, -0.1) is 0 Å². The van der Waals surface area contributed by atoms with E-state index in [-0.39, 0.29) is 0 Å². The van der Waals surface area contributed by atoms with Crippen LogP contribution in [0, 0.1) is 0 Å². The summed E-state index contributed by atoms with van der Waals surface area (Å²) < 4.78 is 5.03. The van der Waals surface area contributed by atoms with Crippen molar-refractivity contribution in [3.05, 3.63) is 28.9 Å². The van der Waals surface area contributed by atoms with Crippen molar-refractivity contribution in [3.63, 3.8) is 0 Å². The van der Waals surface area contributed by atoms with Gasteiger partial charge in [-0.1, -0.05) is 25.4 Å². The Balaban J connectivity index is 0.00000106. The van der Waals surface area contributed by atoms with Crippen LogP contribution in [0.3, 0.4) is 0 Å². The van der Waals surface area contributed by atoms with Gasteiger partial charge in [0, 0.05) is 17.3 Å². The van der Waals surface area contributed by atoms with Crippen molar-refractivity contribution in [1.82, 2.24) is 0 Å². The zero-order valence-corrected chi connectivity index (χ0v) is 10.9. The molecule has 16 heavy (non-hydrogen) atoms. The second-order valence-corrected chi connectivity index (χ2v) is 3.33. The molecule has 1 aromatic carbocycles. The number of allylic oxidation sites excluding steroid dienone is 1. The number of halogens is 1. The van der Waals surface area contributed by atoms with Crippen LogP contribution in [0.2, 0.25) is 5.02 Å². The van der Waals surface area contributed by atoms with Gasteiger partial charge >= 0.3 is 0 Å². The zero-order valence-electron chi connectivity index (χ0n) is 10.2. The molecule has 0 bridgehead atoms. The third-order valence-electron chi connectivity index (χ3n) is 2.00. The Morgan fingerprint density at radius 3 is 2.38 bits per heavy atom. The highest BCUT2D eigenvalue weighted by Gasteiger charge is 2.07. The summed E-state index contributed by atoms with van der Waals surface area (Å²) in [6.45, 7) is 5.87. The number of anilines is 1. The van der Waals surface area contributed by atoms with E-state index >= 15 is 0 Å². The van der Waals surface area contributed by atoms with Crippen LogP contribution in [-0.4, -0.2) is 7.11 Å². The van der Waals surface area contributed by atoms with E-state index in [1.165, 1.54) is 6.20 Å². The second kappa shape index (κ2) is 7.01. The summed E-state index contributed by atoms with van der Waals surface area (Å²) in [6.07, 6.45) is 1.49. The van der Waals surface area contributed by atoms with Crippen molar-refractivity contribution in [1.29, 1.82) is 0 Å². The van der Waals surface area contributed by atoms with Crippen molar-refractivity contribution in [2.24, 2.45) is 5.73 Å². The molecule has 0 heterocycles. The summed E-state index contributed by atoms with van der Waals surface area (Å²) in [5.41, 5.74) is 13.5. The van der Waals surface area contributed by atoms with Crippen molar-refractivity contribution < 1.29 is 4.74 Å². The number of nitrogens with two attached hydrogens (primary N) is 2. The molecule has 0 aliphatic carbocycles. The van der Waals surface area contributed by atoms with Gasteiger partial charge in [-0.2, -0.15) is 0 Å². The quantitative estimate of drug-likeness (QED) is 0.783. The summed E-state index contributed by atoms with van der Waals surface area (Å²) in [6, 6.07) is 3.43. The van der Waals surface area contributed by atoms with E-state index in [0.717, 1.165) is 11.1 Å². The molecule has 1 aromatic rings. The van der Waals surface area contributed by atoms with Gasteiger partial charge in [0.25, 0.3) is 0 Å². The minimum absolute atomic E-state index is 0.526. The number of ether oxygens (including phenoxy) is 1. The highest BCUT2D eigenvalue weighted by molar-refractivity contribution is 6.32. The third-order valence-corrected chi connectivity index (χ3v) is 2.29. The highest BCUT2D eigenvalue weighted by atomic mass is 35.5. The van der Waals surface area contributed by atoms with Crippen LogP contribution in [0.5, 0.6) is 5.75 Å². The SMILES string of the molecule is CC.COc1cc(N)c(/C(C)=C\N)cc1Cl. The molecule has 3 nitrogen and oxygen atoms in total. The predicted octanol–water partition coefficient (Wildman–Crippen LogP) is 3.28. The van der Waals surface area contributed by atoms with Crippen LogP contribution in [0.15, 0.2) is 18.3 Å². The molecule has 90 valence electrons. The molecular weight excluding hydrogens is 224 g/mol. The topological polar surface area (TPSA) is 61.3 Å². The smallest absolute Gasteiger partial charge is 0.139 e. The average molecular weight is 243 g/mol. The molecule has 0 aliphatic heterocycles. The van der Waals surface area contributed by atoms with Crippen LogP contribution in [-0.2, 0) is 0 Å². The standard InChI is InChI=1S/C10H13ClN2O.C2H6/c1-6(5-12)7-3-8(11)10(14-2)4-9(7)13;1-2/h3-5H,12-13H2,1-2H3;1-2H3/b6-5-;. The number of rotatable bonds is 2. The first-order valence-corrected chi connectivity index (χ1v) is 5.49.